The number of primary amides is 1. The van der Waals surface area contributed by atoms with Gasteiger partial charge >= 0.3 is 0 Å². The quantitative estimate of drug-likeness (QED) is 0.886. The Morgan fingerprint density at radius 3 is 2.92 bits per heavy atom. The van der Waals surface area contributed by atoms with Gasteiger partial charge in [0.05, 0.1) is 6.42 Å². The van der Waals surface area contributed by atoms with Gasteiger partial charge in [-0.3, -0.25) is 9.59 Å². The van der Waals surface area contributed by atoms with Crippen LogP contribution in [0.5, 0.6) is 0 Å². The number of aromatic nitrogens is 2. The van der Waals surface area contributed by atoms with Crippen molar-refractivity contribution in [3.63, 3.8) is 0 Å². The number of hydrogen-bond donors (Lipinski definition) is 1. The highest BCUT2D eigenvalue weighted by molar-refractivity contribution is 7.10. The number of hydrogen-bond acceptors (Lipinski definition) is 5. The van der Waals surface area contributed by atoms with Crippen LogP contribution < -0.4 is 5.73 Å². The van der Waals surface area contributed by atoms with Gasteiger partial charge in [0.15, 0.2) is 0 Å². The molecule has 1 fully saturated rings. The molecule has 3 heterocycles. The van der Waals surface area contributed by atoms with E-state index in [4.69, 9.17) is 5.73 Å². The second-order valence-electron chi connectivity index (χ2n) is 6.40. The topological polar surface area (TPSA) is 89.2 Å². The fraction of sp³-hybridized carbons (Fsp3) is 0.444. The Kier molecular flexibility index (Phi) is 5.75. The minimum absolute atomic E-state index is 0.209. The molecule has 1 unspecified atom stereocenters. The predicted molar refractivity (Wildman–Crippen MR) is 96.2 cm³/mol. The summed E-state index contributed by atoms with van der Waals surface area (Å²) in [5.74, 6) is 0.131. The lowest BCUT2D eigenvalue weighted by molar-refractivity contribution is -0.130. The number of amides is 2. The molecule has 2 N–H and O–H groups in total. The number of carbonyl (C=O) groups excluding carboxylic acids is 2. The summed E-state index contributed by atoms with van der Waals surface area (Å²) < 4.78 is 0. The molecule has 0 spiro atoms. The minimum atomic E-state index is -0.533. The lowest BCUT2D eigenvalue weighted by atomic mass is 9.95. The first kappa shape index (κ1) is 17.5. The smallest absolute Gasteiger partial charge is 0.267 e. The summed E-state index contributed by atoms with van der Waals surface area (Å²) in [5, 5.41) is 2.00. The molecule has 1 aliphatic heterocycles. The van der Waals surface area contributed by atoms with E-state index in [1.807, 2.05) is 22.4 Å². The fourth-order valence-corrected chi connectivity index (χ4v) is 3.93. The molecule has 1 saturated heterocycles. The number of likely N-dealkylation sites (tertiary alicyclic amines) is 1. The van der Waals surface area contributed by atoms with Crippen LogP contribution in [0.4, 0.5) is 0 Å². The van der Waals surface area contributed by atoms with E-state index in [-0.39, 0.29) is 11.6 Å². The average Bonchev–Trinajstić information content (AvgIpc) is 2.99. The molecule has 2 amide bonds. The van der Waals surface area contributed by atoms with E-state index >= 15 is 0 Å². The molecular formula is C18H22N4O2S. The fourth-order valence-electron chi connectivity index (χ4n) is 3.23. The number of nitrogens with zero attached hydrogens (tertiary/aromatic N) is 3. The van der Waals surface area contributed by atoms with Gasteiger partial charge in [-0.2, -0.15) is 0 Å². The normalized spacial score (nSPS) is 17.9. The Morgan fingerprint density at radius 1 is 1.28 bits per heavy atom. The van der Waals surface area contributed by atoms with Gasteiger partial charge in [0.1, 0.15) is 12.0 Å². The molecule has 1 atom stereocenters. The number of carbonyl (C=O) groups is 2. The van der Waals surface area contributed by atoms with E-state index in [1.165, 1.54) is 6.33 Å². The van der Waals surface area contributed by atoms with Crippen molar-refractivity contribution in [2.75, 3.05) is 13.1 Å². The lowest BCUT2D eigenvalue weighted by Gasteiger charge is -2.20. The molecule has 132 valence electrons. The van der Waals surface area contributed by atoms with Crippen LogP contribution in [-0.4, -0.2) is 39.8 Å². The first-order valence-electron chi connectivity index (χ1n) is 8.52. The summed E-state index contributed by atoms with van der Waals surface area (Å²) in [6, 6.07) is 5.66. The number of thiophene rings is 1. The Labute approximate surface area is 151 Å². The second kappa shape index (κ2) is 8.20. The molecule has 2 aromatic heterocycles. The summed E-state index contributed by atoms with van der Waals surface area (Å²) in [4.78, 5) is 34.9. The molecule has 1 aliphatic rings. The van der Waals surface area contributed by atoms with Gasteiger partial charge in [-0.1, -0.05) is 6.07 Å². The Morgan fingerprint density at radius 2 is 2.16 bits per heavy atom. The van der Waals surface area contributed by atoms with Crippen LogP contribution in [0.3, 0.4) is 0 Å². The van der Waals surface area contributed by atoms with Gasteiger partial charge in [-0.05, 0) is 49.1 Å². The van der Waals surface area contributed by atoms with Crippen LogP contribution >= 0.6 is 11.3 Å². The molecule has 0 aromatic carbocycles. The molecule has 0 bridgehead atoms. The maximum Gasteiger partial charge on any atom is 0.267 e. The molecule has 0 saturated carbocycles. The zero-order valence-electron chi connectivity index (χ0n) is 14.1. The molecule has 0 radical (unpaired) electrons. The van der Waals surface area contributed by atoms with Gasteiger partial charge in [0.25, 0.3) is 5.91 Å². The van der Waals surface area contributed by atoms with Crippen LogP contribution in [0.2, 0.25) is 0 Å². The monoisotopic (exact) mass is 358 g/mol. The van der Waals surface area contributed by atoms with Gasteiger partial charge in [-0.25, -0.2) is 9.97 Å². The Hall–Kier alpha value is -2.28. The van der Waals surface area contributed by atoms with Gasteiger partial charge in [0, 0.05) is 23.7 Å². The summed E-state index contributed by atoms with van der Waals surface area (Å²) in [6.45, 7) is 1.60. The van der Waals surface area contributed by atoms with Crippen molar-refractivity contribution in [2.24, 2.45) is 11.7 Å². The highest BCUT2D eigenvalue weighted by Gasteiger charge is 2.21. The molecule has 7 heteroatoms. The van der Waals surface area contributed by atoms with Crippen LogP contribution in [-0.2, 0) is 17.6 Å². The molecule has 3 rings (SSSR count). The summed E-state index contributed by atoms with van der Waals surface area (Å²) in [5.41, 5.74) is 6.37. The van der Waals surface area contributed by atoms with Crippen molar-refractivity contribution in [1.29, 1.82) is 0 Å². The molecule has 6 nitrogen and oxygen atoms in total. The van der Waals surface area contributed by atoms with Gasteiger partial charge in [-0.15, -0.1) is 11.3 Å². The van der Waals surface area contributed by atoms with E-state index in [1.54, 1.807) is 17.4 Å². The lowest BCUT2D eigenvalue weighted by Crippen LogP contribution is -2.33. The van der Waals surface area contributed by atoms with Crippen molar-refractivity contribution in [3.05, 3.63) is 46.2 Å². The van der Waals surface area contributed by atoms with Crippen LogP contribution in [0, 0.1) is 5.92 Å². The summed E-state index contributed by atoms with van der Waals surface area (Å²) in [7, 11) is 0. The van der Waals surface area contributed by atoms with Crippen molar-refractivity contribution in [2.45, 2.75) is 32.1 Å². The highest BCUT2D eigenvalue weighted by Crippen LogP contribution is 2.22. The van der Waals surface area contributed by atoms with Crippen LogP contribution in [0.25, 0.3) is 0 Å². The maximum atomic E-state index is 12.5. The minimum Gasteiger partial charge on any atom is -0.364 e. The third-order valence-corrected chi connectivity index (χ3v) is 5.46. The van der Waals surface area contributed by atoms with E-state index in [2.05, 4.69) is 9.97 Å². The van der Waals surface area contributed by atoms with Crippen molar-refractivity contribution in [3.8, 4) is 0 Å². The first-order chi connectivity index (χ1) is 12.1. The molecule has 25 heavy (non-hydrogen) atoms. The van der Waals surface area contributed by atoms with Crippen molar-refractivity contribution in [1.82, 2.24) is 14.9 Å². The largest absolute Gasteiger partial charge is 0.364 e. The van der Waals surface area contributed by atoms with Crippen molar-refractivity contribution < 1.29 is 9.59 Å². The zero-order chi connectivity index (χ0) is 17.6. The Bertz CT molecular complexity index is 732. The van der Waals surface area contributed by atoms with Crippen molar-refractivity contribution >= 4 is 23.2 Å². The second-order valence-corrected chi connectivity index (χ2v) is 7.43. The number of rotatable bonds is 5. The zero-order valence-corrected chi connectivity index (χ0v) is 14.9. The number of nitrogens with two attached hydrogens (primary N) is 1. The van der Waals surface area contributed by atoms with Gasteiger partial charge < -0.3 is 10.6 Å². The predicted octanol–water partition coefficient (Wildman–Crippen LogP) is 2.05. The van der Waals surface area contributed by atoms with E-state index < -0.39 is 5.91 Å². The highest BCUT2D eigenvalue weighted by atomic mass is 32.1. The van der Waals surface area contributed by atoms with E-state index in [9.17, 15) is 9.59 Å². The van der Waals surface area contributed by atoms with E-state index in [0.717, 1.165) is 49.3 Å². The Balaban J connectivity index is 1.55. The molecule has 0 aliphatic carbocycles. The third kappa shape index (κ3) is 4.85. The van der Waals surface area contributed by atoms with E-state index in [0.29, 0.717) is 12.3 Å². The molecular weight excluding hydrogens is 336 g/mol. The van der Waals surface area contributed by atoms with Crippen LogP contribution in [0.1, 0.15) is 40.3 Å². The summed E-state index contributed by atoms with van der Waals surface area (Å²) >= 11 is 1.63. The first-order valence-corrected chi connectivity index (χ1v) is 9.40. The van der Waals surface area contributed by atoms with Crippen LogP contribution in [0.15, 0.2) is 29.9 Å². The SMILES string of the molecule is NC(=O)c1cc(CC2CCCN(C(=O)Cc3cccs3)CC2)ncn1. The standard InChI is InChI=1S/C18H22N4O2S/c19-18(24)16-10-14(20-12-21-16)9-13-3-1-6-22(7-5-13)17(23)11-15-4-2-8-25-15/h2,4,8,10,12-13H,1,3,5-7,9,11H2,(H2,19,24). The van der Waals surface area contributed by atoms with Gasteiger partial charge in [0.2, 0.25) is 5.91 Å². The molecule has 2 aromatic rings. The third-order valence-electron chi connectivity index (χ3n) is 4.58. The average molecular weight is 358 g/mol. The summed E-state index contributed by atoms with van der Waals surface area (Å²) in [6.07, 6.45) is 5.67. The maximum absolute atomic E-state index is 12.5.